The number of methoxy groups -OCH3 is 3. The van der Waals surface area contributed by atoms with E-state index in [1.807, 2.05) is 6.92 Å². The monoisotopic (exact) mass is 504 g/mol. The molecule has 0 saturated carbocycles. The van der Waals surface area contributed by atoms with Crippen molar-refractivity contribution in [2.45, 2.75) is 31.9 Å². The van der Waals surface area contributed by atoms with Gasteiger partial charge in [0.1, 0.15) is 5.75 Å². The van der Waals surface area contributed by atoms with Crippen molar-refractivity contribution in [3.8, 4) is 5.75 Å². The van der Waals surface area contributed by atoms with E-state index in [1.165, 1.54) is 20.3 Å². The van der Waals surface area contributed by atoms with Gasteiger partial charge in [0.2, 0.25) is 5.91 Å². The van der Waals surface area contributed by atoms with Gasteiger partial charge in [0.05, 0.1) is 37.6 Å². The molecule has 188 valence electrons. The van der Waals surface area contributed by atoms with Gasteiger partial charge >= 0.3 is 5.97 Å². The minimum Gasteiger partial charge on any atom is -0.496 e. The standard InChI is InChI=1S/C24H29ClN4O6/c1-5-16-21(25)28-22(26-16)23(31)27-17-10-11-29(13-19(17)34-3)20(30)9-8-14-6-7-15(24(32)35-4)12-18(14)33-2/h6-9,12,17,19H,5,10-11,13H2,1-4H3,(H,26,28)(H,27,31)/b9-8+. The minimum atomic E-state index is -0.476. The number of carbonyl (C=O) groups is 3. The highest BCUT2D eigenvalue weighted by Crippen LogP contribution is 2.23. The molecular formula is C24H29ClN4O6. The molecule has 0 radical (unpaired) electrons. The van der Waals surface area contributed by atoms with E-state index >= 15 is 0 Å². The third-order valence-corrected chi connectivity index (χ3v) is 6.16. The highest BCUT2D eigenvalue weighted by Gasteiger charge is 2.32. The van der Waals surface area contributed by atoms with Gasteiger partial charge in [-0.3, -0.25) is 9.59 Å². The van der Waals surface area contributed by atoms with Gasteiger partial charge in [-0.25, -0.2) is 9.78 Å². The zero-order chi connectivity index (χ0) is 25.5. The van der Waals surface area contributed by atoms with Gasteiger partial charge < -0.3 is 29.4 Å². The van der Waals surface area contributed by atoms with Gasteiger partial charge in [0.15, 0.2) is 11.0 Å². The van der Waals surface area contributed by atoms with Crippen LogP contribution in [0.1, 0.15) is 45.6 Å². The first kappa shape index (κ1) is 26.2. The van der Waals surface area contributed by atoms with Crippen LogP contribution in [0.4, 0.5) is 0 Å². The number of aromatic nitrogens is 2. The van der Waals surface area contributed by atoms with Crippen LogP contribution in [0.3, 0.4) is 0 Å². The number of hydrogen-bond donors (Lipinski definition) is 2. The molecule has 2 unspecified atom stereocenters. The number of nitrogens with zero attached hydrogens (tertiary/aromatic N) is 2. The van der Waals surface area contributed by atoms with Crippen LogP contribution in [-0.4, -0.2) is 79.2 Å². The van der Waals surface area contributed by atoms with Gasteiger partial charge in [0.25, 0.3) is 5.91 Å². The number of benzene rings is 1. The summed E-state index contributed by atoms with van der Waals surface area (Å²) >= 11 is 6.04. The van der Waals surface area contributed by atoms with Crippen LogP contribution in [0.5, 0.6) is 5.75 Å². The average molecular weight is 505 g/mol. The molecule has 0 bridgehead atoms. The Labute approximate surface area is 208 Å². The number of likely N-dealkylation sites (tertiary alicyclic amines) is 1. The number of aryl methyl sites for hydroxylation is 1. The van der Waals surface area contributed by atoms with E-state index in [0.717, 1.165) is 0 Å². The fourth-order valence-corrected chi connectivity index (χ4v) is 4.11. The molecule has 2 amide bonds. The molecule has 11 heteroatoms. The van der Waals surface area contributed by atoms with E-state index in [2.05, 4.69) is 15.3 Å². The number of carbonyl (C=O) groups excluding carboxylic acids is 3. The molecule has 1 aromatic heterocycles. The Kier molecular flexibility index (Phi) is 8.89. The van der Waals surface area contributed by atoms with Crippen molar-refractivity contribution in [3.63, 3.8) is 0 Å². The number of hydrogen-bond acceptors (Lipinski definition) is 7. The molecule has 2 N–H and O–H groups in total. The molecule has 3 rings (SSSR count). The predicted molar refractivity (Wildman–Crippen MR) is 130 cm³/mol. The molecule has 2 aromatic rings. The number of nitrogens with one attached hydrogen (secondary N) is 2. The SMILES string of the molecule is CCc1[nH]c(C(=O)NC2CCN(C(=O)/C=C/c3ccc(C(=O)OC)cc3OC)CC2OC)nc1Cl. The van der Waals surface area contributed by atoms with Crippen LogP contribution in [-0.2, 0) is 20.7 Å². The molecule has 0 spiro atoms. The van der Waals surface area contributed by atoms with Crippen molar-refractivity contribution in [3.05, 3.63) is 52.1 Å². The van der Waals surface area contributed by atoms with Crippen LogP contribution in [0.15, 0.2) is 24.3 Å². The third-order valence-electron chi connectivity index (χ3n) is 5.85. The lowest BCUT2D eigenvalue weighted by atomic mass is 10.0. The van der Waals surface area contributed by atoms with Gasteiger partial charge in [-0.15, -0.1) is 0 Å². The number of amides is 2. The Bertz CT molecular complexity index is 1120. The third kappa shape index (κ3) is 6.20. The first-order chi connectivity index (χ1) is 16.8. The van der Waals surface area contributed by atoms with E-state index in [9.17, 15) is 14.4 Å². The molecule has 1 aromatic carbocycles. The maximum absolute atomic E-state index is 12.8. The minimum absolute atomic E-state index is 0.148. The van der Waals surface area contributed by atoms with E-state index in [-0.39, 0.29) is 28.8 Å². The van der Waals surface area contributed by atoms with Gasteiger partial charge in [0, 0.05) is 31.8 Å². The summed E-state index contributed by atoms with van der Waals surface area (Å²) in [5, 5.41) is 3.21. The van der Waals surface area contributed by atoms with E-state index in [1.54, 1.807) is 36.3 Å². The van der Waals surface area contributed by atoms with Crippen molar-refractivity contribution in [1.82, 2.24) is 20.2 Å². The van der Waals surface area contributed by atoms with E-state index in [0.29, 0.717) is 48.5 Å². The summed E-state index contributed by atoms with van der Waals surface area (Å²) in [6, 6.07) is 4.55. The van der Waals surface area contributed by atoms with Crippen LogP contribution >= 0.6 is 11.6 Å². The molecule has 35 heavy (non-hydrogen) atoms. The lowest BCUT2D eigenvalue weighted by Gasteiger charge is -2.37. The van der Waals surface area contributed by atoms with Gasteiger partial charge in [-0.05, 0) is 31.1 Å². The summed E-state index contributed by atoms with van der Waals surface area (Å²) in [5.41, 5.74) is 1.69. The molecule has 1 aliphatic rings. The first-order valence-corrected chi connectivity index (χ1v) is 11.5. The number of rotatable bonds is 8. The van der Waals surface area contributed by atoms with Crippen molar-refractivity contribution < 1.29 is 28.6 Å². The van der Waals surface area contributed by atoms with Crippen LogP contribution in [0, 0.1) is 0 Å². The summed E-state index contributed by atoms with van der Waals surface area (Å²) in [7, 11) is 4.33. The zero-order valence-corrected chi connectivity index (χ0v) is 20.8. The second-order valence-corrected chi connectivity index (χ2v) is 8.28. The summed E-state index contributed by atoms with van der Waals surface area (Å²) < 4.78 is 15.6. The fourth-order valence-electron chi connectivity index (χ4n) is 3.85. The molecule has 1 saturated heterocycles. The molecule has 0 aliphatic carbocycles. The Morgan fingerprint density at radius 2 is 2.06 bits per heavy atom. The number of imidazole rings is 1. The average Bonchev–Trinajstić information content (AvgIpc) is 3.27. The summed E-state index contributed by atoms with van der Waals surface area (Å²) in [4.78, 5) is 45.8. The van der Waals surface area contributed by atoms with Crippen molar-refractivity contribution >= 4 is 35.5 Å². The molecule has 2 heterocycles. The number of ether oxygens (including phenoxy) is 3. The fraction of sp³-hybridized carbons (Fsp3) is 0.417. The topological polar surface area (TPSA) is 123 Å². The van der Waals surface area contributed by atoms with Gasteiger partial charge in [-0.2, -0.15) is 0 Å². The highest BCUT2D eigenvalue weighted by atomic mass is 35.5. The quantitative estimate of drug-likeness (QED) is 0.418. The summed E-state index contributed by atoms with van der Waals surface area (Å²) in [6.45, 7) is 2.66. The van der Waals surface area contributed by atoms with Crippen molar-refractivity contribution in [2.75, 3.05) is 34.4 Å². The molecule has 1 fully saturated rings. The van der Waals surface area contributed by atoms with Crippen LogP contribution < -0.4 is 10.1 Å². The maximum atomic E-state index is 12.8. The lowest BCUT2D eigenvalue weighted by Crippen LogP contribution is -2.55. The Morgan fingerprint density at radius 3 is 2.69 bits per heavy atom. The number of H-pyrrole nitrogens is 1. The Morgan fingerprint density at radius 1 is 1.29 bits per heavy atom. The van der Waals surface area contributed by atoms with Crippen molar-refractivity contribution in [1.29, 1.82) is 0 Å². The molecule has 1 aliphatic heterocycles. The summed E-state index contributed by atoms with van der Waals surface area (Å²) in [6.07, 6.45) is 3.82. The molecule has 2 atom stereocenters. The van der Waals surface area contributed by atoms with Crippen molar-refractivity contribution in [2.24, 2.45) is 0 Å². The predicted octanol–water partition coefficient (Wildman–Crippen LogP) is 2.48. The van der Waals surface area contributed by atoms with E-state index < -0.39 is 12.1 Å². The summed E-state index contributed by atoms with van der Waals surface area (Å²) in [5.74, 6) is -0.466. The second-order valence-electron chi connectivity index (χ2n) is 7.92. The smallest absolute Gasteiger partial charge is 0.337 e. The Balaban J connectivity index is 1.63. The number of aromatic amines is 1. The normalized spacial score (nSPS) is 17.9. The number of halogens is 1. The first-order valence-electron chi connectivity index (χ1n) is 11.1. The number of esters is 1. The maximum Gasteiger partial charge on any atom is 0.337 e. The van der Waals surface area contributed by atoms with Crippen LogP contribution in [0.25, 0.3) is 6.08 Å². The largest absolute Gasteiger partial charge is 0.496 e. The van der Waals surface area contributed by atoms with Gasteiger partial charge in [-0.1, -0.05) is 24.6 Å². The van der Waals surface area contributed by atoms with E-state index in [4.69, 9.17) is 25.8 Å². The van der Waals surface area contributed by atoms with Crippen LogP contribution in [0.2, 0.25) is 5.15 Å². The molecule has 10 nitrogen and oxygen atoms in total. The molecular weight excluding hydrogens is 476 g/mol. The highest BCUT2D eigenvalue weighted by molar-refractivity contribution is 6.30. The Hall–Kier alpha value is -3.37. The number of piperidine rings is 1. The zero-order valence-electron chi connectivity index (χ0n) is 20.1. The second kappa shape index (κ2) is 11.9. The lowest BCUT2D eigenvalue weighted by molar-refractivity contribution is -0.130.